The van der Waals surface area contributed by atoms with Crippen molar-refractivity contribution in [3.05, 3.63) is 95.3 Å². The van der Waals surface area contributed by atoms with Gasteiger partial charge in [0.25, 0.3) is 0 Å². The fourth-order valence-corrected chi connectivity index (χ4v) is 5.03. The van der Waals surface area contributed by atoms with Crippen molar-refractivity contribution in [1.82, 2.24) is 4.72 Å². The quantitative estimate of drug-likeness (QED) is 0.352. The Kier molecular flexibility index (Phi) is 7.25. The molecule has 0 aliphatic rings. The van der Waals surface area contributed by atoms with E-state index >= 15 is 0 Å². The second-order valence-corrected chi connectivity index (χ2v) is 9.66. The molecule has 1 N–H and O–H groups in total. The highest BCUT2D eigenvalue weighted by atomic mass is 79.9. The summed E-state index contributed by atoms with van der Waals surface area (Å²) in [5.74, 6) is -0.298. The largest absolute Gasteiger partial charge is 0.497 e. The minimum atomic E-state index is -4.00. The van der Waals surface area contributed by atoms with Crippen LogP contribution in [0.25, 0.3) is 0 Å². The third-order valence-electron chi connectivity index (χ3n) is 4.75. The Morgan fingerprint density at radius 3 is 2.10 bits per heavy atom. The van der Waals surface area contributed by atoms with Crippen LogP contribution in [-0.2, 0) is 10.0 Å². The predicted molar refractivity (Wildman–Crippen MR) is 121 cm³/mol. The number of halogens is 2. The van der Waals surface area contributed by atoms with E-state index in [2.05, 4.69) is 20.7 Å². The van der Waals surface area contributed by atoms with Crippen LogP contribution in [0.1, 0.15) is 26.3 Å². The Morgan fingerprint density at radius 2 is 1.55 bits per heavy atom. The molecule has 3 aromatic rings. The number of carbonyl (C=O) groups is 1. The molecule has 0 heterocycles. The van der Waals surface area contributed by atoms with Gasteiger partial charge in [-0.1, -0.05) is 45.8 Å². The van der Waals surface area contributed by atoms with Gasteiger partial charge in [0.1, 0.15) is 17.6 Å². The number of nitrogens with one attached hydrogen (secondary N) is 1. The average Bonchev–Trinajstić information content (AvgIpc) is 2.77. The molecule has 0 radical (unpaired) electrons. The maximum Gasteiger partial charge on any atom is 0.241 e. The predicted octanol–water partition coefficient (Wildman–Crippen LogP) is 4.81. The van der Waals surface area contributed by atoms with Gasteiger partial charge in [0, 0.05) is 5.56 Å². The SMILES string of the molecule is COc1ccc(C(=O)[C@@H](NS(=O)(=O)c2ccc(C)cc2)[C@@H](Br)c2ccc(F)cc2)cc1. The number of hydrogen-bond acceptors (Lipinski definition) is 4. The van der Waals surface area contributed by atoms with Gasteiger partial charge < -0.3 is 4.74 Å². The fourth-order valence-electron chi connectivity index (χ4n) is 2.97. The molecule has 0 saturated carbocycles. The Morgan fingerprint density at radius 1 is 0.968 bits per heavy atom. The van der Waals surface area contributed by atoms with E-state index in [9.17, 15) is 17.6 Å². The summed E-state index contributed by atoms with van der Waals surface area (Å²) in [6, 6.07) is 17.1. The van der Waals surface area contributed by atoms with Crippen LogP contribution in [0.4, 0.5) is 4.39 Å². The summed E-state index contributed by atoms with van der Waals surface area (Å²) in [5, 5.41) is 0. The number of sulfonamides is 1. The summed E-state index contributed by atoms with van der Waals surface area (Å²) in [4.78, 5) is 12.6. The summed E-state index contributed by atoms with van der Waals surface area (Å²) in [6.07, 6.45) is 0. The van der Waals surface area contributed by atoms with E-state index < -0.39 is 32.5 Å². The molecule has 0 unspecified atom stereocenters. The lowest BCUT2D eigenvalue weighted by Gasteiger charge is -2.23. The summed E-state index contributed by atoms with van der Waals surface area (Å²) in [6.45, 7) is 1.85. The first-order valence-corrected chi connectivity index (χ1v) is 11.8. The molecule has 8 heteroatoms. The molecule has 0 aromatic heterocycles. The first kappa shape index (κ1) is 23.1. The summed E-state index contributed by atoms with van der Waals surface area (Å²) >= 11 is 3.44. The third-order valence-corrected chi connectivity index (χ3v) is 7.27. The number of aryl methyl sites for hydroxylation is 1. The first-order chi connectivity index (χ1) is 14.7. The highest BCUT2D eigenvalue weighted by Crippen LogP contribution is 2.30. The minimum absolute atomic E-state index is 0.0458. The van der Waals surface area contributed by atoms with Gasteiger partial charge in [0.15, 0.2) is 5.78 Å². The second kappa shape index (κ2) is 9.72. The first-order valence-electron chi connectivity index (χ1n) is 9.38. The van der Waals surface area contributed by atoms with Gasteiger partial charge in [-0.2, -0.15) is 4.72 Å². The number of Topliss-reactive ketones (excluding diaryl/α,β-unsaturated/α-hetero) is 1. The maximum absolute atomic E-state index is 13.4. The van der Waals surface area contributed by atoms with Crippen molar-refractivity contribution < 1.29 is 22.3 Å². The zero-order valence-electron chi connectivity index (χ0n) is 16.9. The van der Waals surface area contributed by atoms with Crippen LogP contribution in [0, 0.1) is 12.7 Å². The van der Waals surface area contributed by atoms with Crippen LogP contribution in [0.3, 0.4) is 0 Å². The van der Waals surface area contributed by atoms with Crippen molar-refractivity contribution in [2.24, 2.45) is 0 Å². The normalized spacial score (nSPS) is 13.4. The second-order valence-electron chi connectivity index (χ2n) is 6.96. The maximum atomic E-state index is 13.4. The van der Waals surface area contributed by atoms with Gasteiger partial charge in [0.05, 0.1) is 16.8 Å². The molecular formula is C23H21BrFNO4S. The van der Waals surface area contributed by atoms with Crippen LogP contribution < -0.4 is 9.46 Å². The molecule has 3 rings (SSSR count). The van der Waals surface area contributed by atoms with Gasteiger partial charge in [-0.05, 0) is 61.0 Å². The lowest BCUT2D eigenvalue weighted by molar-refractivity contribution is 0.0952. The Balaban J connectivity index is 1.99. The molecule has 2 atom stereocenters. The Bertz CT molecular complexity index is 1150. The Hall–Kier alpha value is -2.55. The number of ketones is 1. The molecule has 162 valence electrons. The van der Waals surface area contributed by atoms with Crippen molar-refractivity contribution in [2.75, 3.05) is 7.11 Å². The van der Waals surface area contributed by atoms with E-state index in [4.69, 9.17) is 4.74 Å². The van der Waals surface area contributed by atoms with E-state index in [1.165, 1.54) is 43.5 Å². The molecule has 3 aromatic carbocycles. The molecule has 31 heavy (non-hydrogen) atoms. The van der Waals surface area contributed by atoms with E-state index in [0.29, 0.717) is 16.9 Å². The number of alkyl halides is 1. The standard InChI is InChI=1S/C23H21BrFNO4S/c1-15-3-13-20(14-4-15)31(28,29)26-22(21(24)16-5-9-18(25)10-6-16)23(27)17-7-11-19(30-2)12-8-17/h3-14,21-22,26H,1-2H3/t21-,22-/m0/s1. The smallest absolute Gasteiger partial charge is 0.241 e. The lowest BCUT2D eigenvalue weighted by Crippen LogP contribution is -2.43. The molecule has 0 saturated heterocycles. The van der Waals surface area contributed by atoms with Crippen LogP contribution in [0.15, 0.2) is 77.7 Å². The monoisotopic (exact) mass is 505 g/mol. The topological polar surface area (TPSA) is 72.5 Å². The molecule has 0 amide bonds. The highest BCUT2D eigenvalue weighted by Gasteiger charge is 2.33. The fraction of sp³-hybridized carbons (Fsp3) is 0.174. The van der Waals surface area contributed by atoms with Crippen molar-refractivity contribution in [3.8, 4) is 5.75 Å². The van der Waals surface area contributed by atoms with Crippen LogP contribution in [-0.4, -0.2) is 27.4 Å². The lowest BCUT2D eigenvalue weighted by atomic mass is 9.98. The number of methoxy groups -OCH3 is 1. The molecular weight excluding hydrogens is 485 g/mol. The molecule has 0 bridgehead atoms. The summed E-state index contributed by atoms with van der Waals surface area (Å²) < 4.78 is 47.0. The van der Waals surface area contributed by atoms with Gasteiger partial charge >= 0.3 is 0 Å². The molecule has 0 aliphatic carbocycles. The zero-order valence-corrected chi connectivity index (χ0v) is 19.3. The van der Waals surface area contributed by atoms with Crippen LogP contribution in [0.2, 0.25) is 0 Å². The van der Waals surface area contributed by atoms with Crippen LogP contribution >= 0.6 is 15.9 Å². The van der Waals surface area contributed by atoms with Gasteiger partial charge in [-0.15, -0.1) is 0 Å². The number of rotatable bonds is 8. The van der Waals surface area contributed by atoms with E-state index in [-0.39, 0.29) is 4.90 Å². The van der Waals surface area contributed by atoms with Crippen molar-refractivity contribution in [3.63, 3.8) is 0 Å². The average molecular weight is 506 g/mol. The minimum Gasteiger partial charge on any atom is -0.497 e. The van der Waals surface area contributed by atoms with Gasteiger partial charge in [-0.3, -0.25) is 4.79 Å². The van der Waals surface area contributed by atoms with E-state index in [0.717, 1.165) is 5.56 Å². The number of carbonyl (C=O) groups excluding carboxylic acids is 1. The number of ether oxygens (including phenoxy) is 1. The van der Waals surface area contributed by atoms with E-state index in [1.54, 1.807) is 36.4 Å². The van der Waals surface area contributed by atoms with Crippen molar-refractivity contribution in [1.29, 1.82) is 0 Å². The summed E-state index contributed by atoms with van der Waals surface area (Å²) in [5.41, 5.74) is 1.78. The summed E-state index contributed by atoms with van der Waals surface area (Å²) in [7, 11) is -2.49. The third kappa shape index (κ3) is 5.58. The zero-order chi connectivity index (χ0) is 22.6. The number of benzene rings is 3. The number of hydrogen-bond donors (Lipinski definition) is 1. The van der Waals surface area contributed by atoms with Gasteiger partial charge in [-0.25, -0.2) is 12.8 Å². The highest BCUT2D eigenvalue weighted by molar-refractivity contribution is 9.09. The van der Waals surface area contributed by atoms with E-state index in [1.807, 2.05) is 6.92 Å². The van der Waals surface area contributed by atoms with Crippen LogP contribution in [0.5, 0.6) is 5.75 Å². The molecule has 0 aliphatic heterocycles. The Labute approximate surface area is 189 Å². The molecule has 0 fully saturated rings. The molecule has 5 nitrogen and oxygen atoms in total. The van der Waals surface area contributed by atoms with Gasteiger partial charge in [0.2, 0.25) is 10.0 Å². The van der Waals surface area contributed by atoms with Crippen molar-refractivity contribution in [2.45, 2.75) is 22.7 Å². The molecule has 0 spiro atoms. The van der Waals surface area contributed by atoms with Crippen molar-refractivity contribution >= 4 is 31.7 Å².